The van der Waals surface area contributed by atoms with Gasteiger partial charge in [-0.2, -0.15) is 0 Å². The SMILES string of the molecule is NCC1Cc2cccc(-c3cncc(C(=O)N4CCOCC4)n3)c2O1. The molecular formula is C18H20N4O3. The summed E-state index contributed by atoms with van der Waals surface area (Å²) in [5.74, 6) is 0.675. The molecule has 1 fully saturated rings. The normalized spacial score (nSPS) is 19.4. The van der Waals surface area contributed by atoms with Crippen LogP contribution in [-0.4, -0.2) is 59.7 Å². The van der Waals surface area contributed by atoms with Crippen LogP contribution in [0.3, 0.4) is 0 Å². The number of hydrogen-bond donors (Lipinski definition) is 1. The van der Waals surface area contributed by atoms with Crippen LogP contribution in [0.15, 0.2) is 30.6 Å². The number of nitrogens with zero attached hydrogens (tertiary/aromatic N) is 3. The Morgan fingerprint density at radius 1 is 1.28 bits per heavy atom. The van der Waals surface area contributed by atoms with Crippen LogP contribution in [0.4, 0.5) is 0 Å². The molecule has 1 atom stereocenters. The summed E-state index contributed by atoms with van der Waals surface area (Å²) in [6.45, 7) is 2.73. The Labute approximate surface area is 145 Å². The van der Waals surface area contributed by atoms with Crippen LogP contribution < -0.4 is 10.5 Å². The molecule has 4 rings (SSSR count). The quantitative estimate of drug-likeness (QED) is 0.892. The summed E-state index contributed by atoms with van der Waals surface area (Å²) in [7, 11) is 0. The first-order valence-corrected chi connectivity index (χ1v) is 8.44. The number of benzene rings is 1. The van der Waals surface area contributed by atoms with Crippen molar-refractivity contribution in [3.8, 4) is 17.0 Å². The molecule has 0 radical (unpaired) electrons. The summed E-state index contributed by atoms with van der Waals surface area (Å²) in [6, 6.07) is 5.93. The number of hydrogen-bond acceptors (Lipinski definition) is 6. The molecule has 3 heterocycles. The van der Waals surface area contributed by atoms with Gasteiger partial charge in [-0.25, -0.2) is 4.98 Å². The second kappa shape index (κ2) is 6.78. The summed E-state index contributed by atoms with van der Waals surface area (Å²) < 4.78 is 11.2. The third kappa shape index (κ3) is 3.08. The number of rotatable bonds is 3. The molecule has 1 aromatic carbocycles. The first-order valence-electron chi connectivity index (χ1n) is 8.44. The van der Waals surface area contributed by atoms with E-state index < -0.39 is 0 Å². The van der Waals surface area contributed by atoms with Crippen molar-refractivity contribution >= 4 is 5.91 Å². The highest BCUT2D eigenvalue weighted by Crippen LogP contribution is 2.37. The van der Waals surface area contributed by atoms with Crippen LogP contribution in [0.2, 0.25) is 0 Å². The van der Waals surface area contributed by atoms with E-state index in [9.17, 15) is 4.79 Å². The number of ether oxygens (including phenoxy) is 2. The molecule has 1 saturated heterocycles. The average Bonchev–Trinajstić information content (AvgIpc) is 3.11. The summed E-state index contributed by atoms with van der Waals surface area (Å²) in [5, 5.41) is 0. The van der Waals surface area contributed by atoms with Crippen molar-refractivity contribution in [3.63, 3.8) is 0 Å². The van der Waals surface area contributed by atoms with Gasteiger partial charge in [0.15, 0.2) is 0 Å². The molecule has 1 aromatic heterocycles. The second-order valence-corrected chi connectivity index (χ2v) is 6.17. The molecule has 0 bridgehead atoms. The summed E-state index contributed by atoms with van der Waals surface area (Å²) in [4.78, 5) is 23.1. The fraction of sp³-hybridized carbons (Fsp3) is 0.389. The maximum atomic E-state index is 12.6. The number of nitrogens with two attached hydrogens (primary N) is 1. The third-order valence-electron chi connectivity index (χ3n) is 4.52. The lowest BCUT2D eigenvalue weighted by molar-refractivity contribution is 0.0299. The lowest BCUT2D eigenvalue weighted by atomic mass is 10.0. The number of para-hydroxylation sites is 1. The van der Waals surface area contributed by atoms with Gasteiger partial charge in [0.25, 0.3) is 5.91 Å². The van der Waals surface area contributed by atoms with E-state index in [1.807, 2.05) is 18.2 Å². The number of fused-ring (bicyclic) bond motifs is 1. The molecule has 2 aromatic rings. The van der Waals surface area contributed by atoms with Gasteiger partial charge in [-0.05, 0) is 11.6 Å². The van der Waals surface area contributed by atoms with E-state index in [-0.39, 0.29) is 12.0 Å². The van der Waals surface area contributed by atoms with E-state index in [0.717, 1.165) is 23.3 Å². The van der Waals surface area contributed by atoms with E-state index in [0.29, 0.717) is 44.2 Å². The predicted octanol–water partition coefficient (Wildman–Crippen LogP) is 0.878. The van der Waals surface area contributed by atoms with Crippen molar-refractivity contribution in [2.24, 2.45) is 5.73 Å². The van der Waals surface area contributed by atoms with Crippen molar-refractivity contribution in [2.45, 2.75) is 12.5 Å². The van der Waals surface area contributed by atoms with Crippen LogP contribution in [0.1, 0.15) is 16.1 Å². The predicted molar refractivity (Wildman–Crippen MR) is 91.4 cm³/mol. The van der Waals surface area contributed by atoms with E-state index in [4.69, 9.17) is 15.2 Å². The Kier molecular flexibility index (Phi) is 4.33. The highest BCUT2D eigenvalue weighted by Gasteiger charge is 2.26. The summed E-state index contributed by atoms with van der Waals surface area (Å²) in [5.41, 5.74) is 8.66. The molecule has 130 valence electrons. The van der Waals surface area contributed by atoms with Gasteiger partial charge in [0.2, 0.25) is 0 Å². The number of morpholine rings is 1. The fourth-order valence-electron chi connectivity index (χ4n) is 3.20. The van der Waals surface area contributed by atoms with Crippen molar-refractivity contribution < 1.29 is 14.3 Å². The first-order chi connectivity index (χ1) is 12.3. The van der Waals surface area contributed by atoms with Crippen LogP contribution in [0.25, 0.3) is 11.3 Å². The van der Waals surface area contributed by atoms with E-state index >= 15 is 0 Å². The van der Waals surface area contributed by atoms with Gasteiger partial charge in [0.1, 0.15) is 17.5 Å². The van der Waals surface area contributed by atoms with E-state index in [2.05, 4.69) is 9.97 Å². The van der Waals surface area contributed by atoms with Crippen LogP contribution in [0.5, 0.6) is 5.75 Å². The van der Waals surface area contributed by atoms with Crippen molar-refractivity contribution in [1.29, 1.82) is 0 Å². The van der Waals surface area contributed by atoms with Crippen LogP contribution in [0, 0.1) is 0 Å². The van der Waals surface area contributed by atoms with Gasteiger partial charge >= 0.3 is 0 Å². The van der Waals surface area contributed by atoms with Gasteiger partial charge in [-0.1, -0.05) is 12.1 Å². The molecule has 0 aliphatic carbocycles. The fourth-order valence-corrected chi connectivity index (χ4v) is 3.20. The lowest BCUT2D eigenvalue weighted by Crippen LogP contribution is -2.41. The Bertz CT molecular complexity index is 790. The number of carbonyl (C=O) groups excluding carboxylic acids is 1. The average molecular weight is 340 g/mol. The molecule has 0 spiro atoms. The Morgan fingerprint density at radius 2 is 2.12 bits per heavy atom. The van der Waals surface area contributed by atoms with Gasteiger partial charge in [0.05, 0.1) is 31.3 Å². The maximum absolute atomic E-state index is 12.6. The molecular weight excluding hydrogens is 320 g/mol. The van der Waals surface area contributed by atoms with Crippen molar-refractivity contribution in [2.75, 3.05) is 32.8 Å². The molecule has 25 heavy (non-hydrogen) atoms. The molecule has 1 amide bonds. The molecule has 2 aliphatic rings. The zero-order valence-corrected chi connectivity index (χ0v) is 13.9. The minimum absolute atomic E-state index is 0.0118. The minimum Gasteiger partial charge on any atom is -0.488 e. The summed E-state index contributed by atoms with van der Waals surface area (Å²) >= 11 is 0. The van der Waals surface area contributed by atoms with Gasteiger partial charge in [-0.3, -0.25) is 9.78 Å². The standard InChI is InChI=1S/C18H20N4O3/c19-9-13-8-12-2-1-3-14(17(12)25-13)15-10-20-11-16(21-15)18(23)22-4-6-24-7-5-22/h1-3,10-11,13H,4-9,19H2. The highest BCUT2D eigenvalue weighted by molar-refractivity contribution is 5.92. The van der Waals surface area contributed by atoms with Gasteiger partial charge in [0, 0.05) is 31.6 Å². The molecule has 1 unspecified atom stereocenters. The zero-order chi connectivity index (χ0) is 17.2. The van der Waals surface area contributed by atoms with E-state index in [1.165, 1.54) is 6.20 Å². The second-order valence-electron chi connectivity index (χ2n) is 6.17. The maximum Gasteiger partial charge on any atom is 0.274 e. The van der Waals surface area contributed by atoms with Crippen molar-refractivity contribution in [3.05, 3.63) is 41.9 Å². The van der Waals surface area contributed by atoms with Crippen LogP contribution >= 0.6 is 0 Å². The number of carbonyl (C=O) groups is 1. The Hall–Kier alpha value is -2.51. The highest BCUT2D eigenvalue weighted by atomic mass is 16.5. The Balaban J connectivity index is 1.65. The largest absolute Gasteiger partial charge is 0.488 e. The number of amides is 1. The molecule has 0 saturated carbocycles. The topological polar surface area (TPSA) is 90.6 Å². The zero-order valence-electron chi connectivity index (χ0n) is 13.9. The molecule has 7 heteroatoms. The van der Waals surface area contributed by atoms with E-state index in [1.54, 1.807) is 11.1 Å². The minimum atomic E-state index is -0.119. The molecule has 7 nitrogen and oxygen atoms in total. The number of aromatic nitrogens is 2. The van der Waals surface area contributed by atoms with Crippen molar-refractivity contribution in [1.82, 2.24) is 14.9 Å². The van der Waals surface area contributed by atoms with Crippen LogP contribution in [-0.2, 0) is 11.2 Å². The molecule has 2 aliphatic heterocycles. The first kappa shape index (κ1) is 16.0. The lowest BCUT2D eigenvalue weighted by Gasteiger charge is -2.26. The van der Waals surface area contributed by atoms with Gasteiger partial charge in [-0.15, -0.1) is 0 Å². The molecule has 2 N–H and O–H groups in total. The van der Waals surface area contributed by atoms with Gasteiger partial charge < -0.3 is 20.1 Å². The summed E-state index contributed by atoms with van der Waals surface area (Å²) in [6.07, 6.45) is 3.94. The smallest absolute Gasteiger partial charge is 0.274 e. The third-order valence-corrected chi connectivity index (χ3v) is 4.52. The Morgan fingerprint density at radius 3 is 2.92 bits per heavy atom. The monoisotopic (exact) mass is 340 g/mol.